The highest BCUT2D eigenvalue weighted by Crippen LogP contribution is 2.23. The van der Waals surface area contributed by atoms with Crippen LogP contribution in [0.2, 0.25) is 5.02 Å². The number of fused-ring (bicyclic) bond motifs is 1. The van der Waals surface area contributed by atoms with E-state index in [9.17, 15) is 13.2 Å². The lowest BCUT2D eigenvalue weighted by Gasteiger charge is -2.05. The number of hydrogen-bond acceptors (Lipinski definition) is 6. The van der Waals surface area contributed by atoms with Crippen molar-refractivity contribution in [1.29, 1.82) is 0 Å². The van der Waals surface area contributed by atoms with Gasteiger partial charge in [-0.3, -0.25) is 9.78 Å². The summed E-state index contributed by atoms with van der Waals surface area (Å²) in [4.78, 5) is 24.1. The first-order chi connectivity index (χ1) is 15.2. The second kappa shape index (κ2) is 8.85. The molecule has 0 unspecified atom stereocenters. The number of carbonyl (C=O) groups excluding carboxylic acids is 1. The Kier molecular flexibility index (Phi) is 6.14. The molecule has 4 aromatic rings. The summed E-state index contributed by atoms with van der Waals surface area (Å²) >= 11 is 7.08. The minimum absolute atomic E-state index is 0.0363. The molecule has 3 aromatic heterocycles. The van der Waals surface area contributed by atoms with E-state index in [-0.39, 0.29) is 4.21 Å². The van der Waals surface area contributed by atoms with Gasteiger partial charge in [-0.1, -0.05) is 17.7 Å². The normalized spacial score (nSPS) is 12.0. The number of sulfonamides is 1. The number of amides is 1. The van der Waals surface area contributed by atoms with Crippen LogP contribution in [0.4, 0.5) is 0 Å². The number of aromatic nitrogens is 3. The summed E-state index contributed by atoms with van der Waals surface area (Å²) in [6.07, 6.45) is 4.84. The van der Waals surface area contributed by atoms with E-state index < -0.39 is 15.9 Å². The van der Waals surface area contributed by atoms with E-state index in [1.54, 1.807) is 20.0 Å². The number of H-pyrrole nitrogens is 1. The Balaban J connectivity index is 1.52. The van der Waals surface area contributed by atoms with Gasteiger partial charge in [-0.05, 0) is 55.8 Å². The fraction of sp³-hybridized carbons (Fsp3) is 0.136. The molecule has 1 amide bonds. The van der Waals surface area contributed by atoms with Gasteiger partial charge in [0.1, 0.15) is 0 Å². The minimum Gasteiger partial charge on any atom is -0.358 e. The molecule has 0 spiro atoms. The highest BCUT2D eigenvalue weighted by molar-refractivity contribution is 7.92. The number of thiazole rings is 1. The van der Waals surface area contributed by atoms with Gasteiger partial charge in [0.2, 0.25) is 0 Å². The summed E-state index contributed by atoms with van der Waals surface area (Å²) in [5.41, 5.74) is 3.76. The number of hydrogen-bond donors (Lipinski definition) is 2. The molecular formula is C22H19ClN4O3S2. The molecule has 10 heteroatoms. The monoisotopic (exact) mass is 486 g/mol. The van der Waals surface area contributed by atoms with Crippen LogP contribution in [-0.4, -0.2) is 29.3 Å². The molecule has 1 aromatic carbocycles. The zero-order valence-corrected chi connectivity index (χ0v) is 19.6. The number of halogens is 1. The van der Waals surface area contributed by atoms with Gasteiger partial charge in [0.25, 0.3) is 15.9 Å². The molecule has 164 valence electrons. The highest BCUT2D eigenvalue weighted by atomic mass is 35.5. The lowest BCUT2D eigenvalue weighted by atomic mass is 10.1. The molecule has 0 saturated heterocycles. The van der Waals surface area contributed by atoms with E-state index in [0.717, 1.165) is 39.6 Å². The summed E-state index contributed by atoms with van der Waals surface area (Å²) in [5, 5.41) is 2.28. The SMILES string of the molecule is Cc1nc(C)c(S(=O)(=O)NC(=O)C=Cc2ncccc2Cc2cc3cc(Cl)ccc3[nH]2)s1. The smallest absolute Gasteiger partial charge is 0.275 e. The molecule has 0 saturated carbocycles. The molecule has 32 heavy (non-hydrogen) atoms. The van der Waals surface area contributed by atoms with Gasteiger partial charge >= 0.3 is 0 Å². The fourth-order valence-corrected chi connectivity index (χ4v) is 5.95. The summed E-state index contributed by atoms with van der Waals surface area (Å²) < 4.78 is 27.1. The van der Waals surface area contributed by atoms with E-state index in [4.69, 9.17) is 11.6 Å². The Morgan fingerprint density at radius 2 is 2.06 bits per heavy atom. The average Bonchev–Trinajstić information content (AvgIpc) is 3.28. The molecule has 0 aliphatic rings. The van der Waals surface area contributed by atoms with Crippen LogP contribution >= 0.6 is 22.9 Å². The van der Waals surface area contributed by atoms with Crippen molar-refractivity contribution in [2.75, 3.05) is 0 Å². The van der Waals surface area contributed by atoms with Crippen molar-refractivity contribution in [3.63, 3.8) is 0 Å². The van der Waals surface area contributed by atoms with Crippen molar-refractivity contribution in [2.45, 2.75) is 24.5 Å². The van der Waals surface area contributed by atoms with Crippen LogP contribution < -0.4 is 4.72 Å². The molecule has 7 nitrogen and oxygen atoms in total. The maximum Gasteiger partial charge on any atom is 0.275 e. The Bertz CT molecular complexity index is 1460. The number of rotatable bonds is 6. The summed E-state index contributed by atoms with van der Waals surface area (Å²) in [7, 11) is -3.98. The van der Waals surface area contributed by atoms with Gasteiger partial charge < -0.3 is 4.98 Å². The second-order valence-electron chi connectivity index (χ2n) is 7.16. The second-order valence-corrected chi connectivity index (χ2v) is 10.7. The number of pyridine rings is 1. The van der Waals surface area contributed by atoms with E-state index in [1.165, 1.54) is 6.08 Å². The third-order valence-corrected chi connectivity index (χ3v) is 7.94. The molecule has 0 atom stereocenters. The zero-order chi connectivity index (χ0) is 22.9. The Labute approximate surface area is 194 Å². The summed E-state index contributed by atoms with van der Waals surface area (Å²) in [6.45, 7) is 3.30. The maximum absolute atomic E-state index is 12.5. The molecule has 0 radical (unpaired) electrons. The van der Waals surface area contributed by atoms with Gasteiger partial charge in [-0.25, -0.2) is 18.1 Å². The van der Waals surface area contributed by atoms with Crippen molar-refractivity contribution in [2.24, 2.45) is 0 Å². The Morgan fingerprint density at radius 1 is 1.25 bits per heavy atom. The van der Waals surface area contributed by atoms with Crippen LogP contribution in [0, 0.1) is 13.8 Å². The van der Waals surface area contributed by atoms with Crippen LogP contribution in [0.15, 0.2) is 52.9 Å². The van der Waals surface area contributed by atoms with Crippen molar-refractivity contribution < 1.29 is 13.2 Å². The van der Waals surface area contributed by atoms with E-state index in [0.29, 0.717) is 27.8 Å². The predicted octanol–water partition coefficient (Wildman–Crippen LogP) is 4.40. The van der Waals surface area contributed by atoms with Gasteiger partial charge in [-0.2, -0.15) is 0 Å². The molecule has 0 fully saturated rings. The Hall–Kier alpha value is -3.01. The number of nitrogens with zero attached hydrogens (tertiary/aromatic N) is 2. The fourth-order valence-electron chi connectivity index (χ4n) is 3.34. The minimum atomic E-state index is -3.98. The number of aromatic amines is 1. The third kappa shape index (κ3) is 4.90. The molecule has 0 aliphatic carbocycles. The molecule has 2 N–H and O–H groups in total. The number of nitrogens with one attached hydrogen (secondary N) is 2. The van der Waals surface area contributed by atoms with Crippen molar-refractivity contribution in [3.8, 4) is 0 Å². The number of carbonyl (C=O) groups is 1. The van der Waals surface area contributed by atoms with E-state index in [1.807, 2.05) is 36.4 Å². The summed E-state index contributed by atoms with van der Waals surface area (Å²) in [6, 6.07) is 11.4. The highest BCUT2D eigenvalue weighted by Gasteiger charge is 2.22. The lowest BCUT2D eigenvalue weighted by Crippen LogP contribution is -2.28. The van der Waals surface area contributed by atoms with E-state index >= 15 is 0 Å². The van der Waals surface area contributed by atoms with Crippen LogP contribution in [0.5, 0.6) is 0 Å². The van der Waals surface area contributed by atoms with Crippen molar-refractivity contribution in [1.82, 2.24) is 19.7 Å². The standard InChI is InChI=1S/C22H19ClN4O3S2/c1-13-22(31-14(2)25-13)32(29,30)27-21(28)8-7-19-15(4-3-9-24-19)11-18-12-16-10-17(23)5-6-20(16)26-18/h3-10,12,26H,11H2,1-2H3,(H,27,28). The molecular weight excluding hydrogens is 468 g/mol. The van der Waals surface area contributed by atoms with Gasteiger partial charge in [0, 0.05) is 40.3 Å². The van der Waals surface area contributed by atoms with Gasteiger partial charge in [0.15, 0.2) is 4.21 Å². The van der Waals surface area contributed by atoms with Crippen LogP contribution in [0.3, 0.4) is 0 Å². The zero-order valence-electron chi connectivity index (χ0n) is 17.2. The first-order valence-electron chi connectivity index (χ1n) is 9.61. The molecule has 4 rings (SSSR count). The number of aryl methyl sites for hydroxylation is 2. The van der Waals surface area contributed by atoms with E-state index in [2.05, 4.69) is 19.7 Å². The average molecular weight is 487 g/mol. The predicted molar refractivity (Wildman–Crippen MR) is 126 cm³/mol. The first-order valence-corrected chi connectivity index (χ1v) is 12.3. The van der Waals surface area contributed by atoms with Crippen molar-refractivity contribution in [3.05, 3.63) is 81.3 Å². The number of benzene rings is 1. The largest absolute Gasteiger partial charge is 0.358 e. The molecule has 0 bridgehead atoms. The van der Waals surface area contributed by atoms with Gasteiger partial charge in [0.05, 0.1) is 16.4 Å². The maximum atomic E-state index is 12.5. The summed E-state index contributed by atoms with van der Waals surface area (Å²) in [5.74, 6) is -0.757. The third-order valence-electron chi connectivity index (χ3n) is 4.68. The quantitative estimate of drug-likeness (QED) is 0.393. The Morgan fingerprint density at radius 3 is 2.81 bits per heavy atom. The molecule has 3 heterocycles. The van der Waals surface area contributed by atoms with Crippen LogP contribution in [0.1, 0.15) is 27.7 Å². The lowest BCUT2D eigenvalue weighted by molar-refractivity contribution is -0.114. The van der Waals surface area contributed by atoms with Crippen LogP contribution in [0.25, 0.3) is 17.0 Å². The first kappa shape index (κ1) is 22.2. The van der Waals surface area contributed by atoms with Crippen molar-refractivity contribution >= 4 is 55.8 Å². The van der Waals surface area contributed by atoms with Gasteiger partial charge in [-0.15, -0.1) is 11.3 Å². The topological polar surface area (TPSA) is 105 Å². The van der Waals surface area contributed by atoms with Crippen LogP contribution in [-0.2, 0) is 21.2 Å². The molecule has 0 aliphatic heterocycles.